The molecule has 0 aliphatic carbocycles. The number of rotatable bonds is 8. The number of carbonyl (C=O) groups excluding carboxylic acids is 1. The number of aryl methyl sites for hydroxylation is 1. The Morgan fingerprint density at radius 3 is 2.48 bits per heavy atom. The van der Waals surface area contributed by atoms with E-state index in [1.54, 1.807) is 0 Å². The van der Waals surface area contributed by atoms with Crippen LogP contribution in [0.15, 0.2) is 6.07 Å². The van der Waals surface area contributed by atoms with Crippen LogP contribution in [0, 0.1) is 13.8 Å². The third kappa shape index (κ3) is 4.47. The van der Waals surface area contributed by atoms with Crippen molar-refractivity contribution in [3.05, 3.63) is 27.8 Å². The van der Waals surface area contributed by atoms with Gasteiger partial charge in [0.1, 0.15) is 11.5 Å². The number of hydrogen-bond donors (Lipinski definition) is 0. The van der Waals surface area contributed by atoms with E-state index in [1.165, 1.54) is 5.56 Å². The molecule has 21 heavy (non-hydrogen) atoms. The quantitative estimate of drug-likeness (QED) is 0.624. The summed E-state index contributed by atoms with van der Waals surface area (Å²) in [6.07, 6.45) is 3.09. The van der Waals surface area contributed by atoms with Gasteiger partial charge in [0.05, 0.1) is 6.61 Å². The summed E-state index contributed by atoms with van der Waals surface area (Å²) in [6.45, 7) is 10.8. The van der Waals surface area contributed by atoms with E-state index in [0.29, 0.717) is 31.1 Å². The standard InChI is InChI=1S/C18H27ClO2/c1-6-14(9-10-15(20)7-2)17-13(5)16(19)11-12(4)18(17)21-8-3/h11,14H,6-10H2,1-5H3. The summed E-state index contributed by atoms with van der Waals surface area (Å²) in [7, 11) is 0. The first-order chi connectivity index (χ1) is 9.96. The molecule has 0 aliphatic rings. The first-order valence-corrected chi connectivity index (χ1v) is 8.27. The molecule has 0 saturated heterocycles. The van der Waals surface area contributed by atoms with Crippen LogP contribution in [-0.4, -0.2) is 12.4 Å². The molecular formula is C18H27ClO2. The molecule has 1 aromatic rings. The van der Waals surface area contributed by atoms with Crippen molar-refractivity contribution in [1.29, 1.82) is 0 Å². The molecule has 1 rings (SSSR count). The van der Waals surface area contributed by atoms with Crippen LogP contribution < -0.4 is 4.74 Å². The number of carbonyl (C=O) groups is 1. The number of ether oxygens (including phenoxy) is 1. The second kappa shape index (κ2) is 8.43. The highest BCUT2D eigenvalue weighted by Crippen LogP contribution is 2.40. The predicted molar refractivity (Wildman–Crippen MR) is 89.7 cm³/mol. The van der Waals surface area contributed by atoms with Crippen LogP contribution in [0.1, 0.15) is 69.1 Å². The molecule has 0 heterocycles. The highest BCUT2D eigenvalue weighted by molar-refractivity contribution is 6.31. The van der Waals surface area contributed by atoms with E-state index >= 15 is 0 Å². The first-order valence-electron chi connectivity index (χ1n) is 7.90. The molecular weight excluding hydrogens is 284 g/mol. The summed E-state index contributed by atoms with van der Waals surface area (Å²) in [5.41, 5.74) is 3.34. The molecule has 0 spiro atoms. The first kappa shape index (κ1) is 18.0. The van der Waals surface area contributed by atoms with Crippen LogP contribution >= 0.6 is 11.6 Å². The minimum Gasteiger partial charge on any atom is -0.493 e. The fourth-order valence-electron chi connectivity index (χ4n) is 2.77. The molecule has 0 N–H and O–H groups in total. The molecule has 1 atom stereocenters. The number of ketones is 1. The summed E-state index contributed by atoms with van der Waals surface area (Å²) in [5, 5.41) is 0.784. The van der Waals surface area contributed by atoms with Gasteiger partial charge in [-0.05, 0) is 56.7 Å². The Hall–Kier alpha value is -1.02. The van der Waals surface area contributed by atoms with Gasteiger partial charge in [0, 0.05) is 23.4 Å². The van der Waals surface area contributed by atoms with Gasteiger partial charge in [-0.25, -0.2) is 0 Å². The summed E-state index contributed by atoms with van der Waals surface area (Å²) >= 11 is 6.36. The molecule has 2 nitrogen and oxygen atoms in total. The lowest BCUT2D eigenvalue weighted by Gasteiger charge is -2.23. The highest BCUT2D eigenvalue weighted by atomic mass is 35.5. The van der Waals surface area contributed by atoms with Crippen molar-refractivity contribution < 1.29 is 9.53 Å². The SMILES string of the molecule is CCOc1c(C)cc(Cl)c(C)c1C(CC)CCC(=O)CC. The number of hydrogen-bond acceptors (Lipinski definition) is 2. The van der Waals surface area contributed by atoms with E-state index in [4.69, 9.17) is 16.3 Å². The van der Waals surface area contributed by atoms with Crippen molar-refractivity contribution in [2.75, 3.05) is 6.61 Å². The topological polar surface area (TPSA) is 26.3 Å². The second-order valence-corrected chi connectivity index (χ2v) is 5.92. The van der Waals surface area contributed by atoms with Crippen LogP contribution in [0.5, 0.6) is 5.75 Å². The van der Waals surface area contributed by atoms with E-state index < -0.39 is 0 Å². The molecule has 0 fully saturated rings. The Labute approximate surface area is 133 Å². The Bertz CT molecular complexity index is 494. The summed E-state index contributed by atoms with van der Waals surface area (Å²) in [6, 6.07) is 1.97. The Morgan fingerprint density at radius 2 is 1.95 bits per heavy atom. The summed E-state index contributed by atoms with van der Waals surface area (Å²) in [4.78, 5) is 11.6. The van der Waals surface area contributed by atoms with Crippen LogP contribution in [-0.2, 0) is 4.79 Å². The van der Waals surface area contributed by atoms with Gasteiger partial charge in [-0.15, -0.1) is 0 Å². The van der Waals surface area contributed by atoms with Gasteiger partial charge < -0.3 is 4.74 Å². The summed E-state index contributed by atoms with van der Waals surface area (Å²) < 4.78 is 5.88. The maximum absolute atomic E-state index is 11.6. The largest absolute Gasteiger partial charge is 0.493 e. The molecule has 0 bridgehead atoms. The van der Waals surface area contributed by atoms with E-state index in [1.807, 2.05) is 33.8 Å². The predicted octanol–water partition coefficient (Wildman–Crippen LogP) is 5.61. The lowest BCUT2D eigenvalue weighted by molar-refractivity contribution is -0.118. The van der Waals surface area contributed by atoms with Gasteiger partial charge >= 0.3 is 0 Å². The lowest BCUT2D eigenvalue weighted by Crippen LogP contribution is -2.09. The Balaban J connectivity index is 3.19. The fourth-order valence-corrected chi connectivity index (χ4v) is 3.03. The molecule has 1 aromatic carbocycles. The molecule has 1 unspecified atom stereocenters. The zero-order valence-electron chi connectivity index (χ0n) is 13.9. The third-order valence-electron chi connectivity index (χ3n) is 4.06. The highest BCUT2D eigenvalue weighted by Gasteiger charge is 2.21. The maximum Gasteiger partial charge on any atom is 0.132 e. The second-order valence-electron chi connectivity index (χ2n) is 5.51. The van der Waals surface area contributed by atoms with E-state index in [9.17, 15) is 4.79 Å². The van der Waals surface area contributed by atoms with Gasteiger partial charge in [-0.2, -0.15) is 0 Å². The van der Waals surface area contributed by atoms with Crippen molar-refractivity contribution >= 4 is 17.4 Å². The Morgan fingerprint density at radius 1 is 1.29 bits per heavy atom. The van der Waals surface area contributed by atoms with Crippen molar-refractivity contribution in [3.63, 3.8) is 0 Å². The zero-order chi connectivity index (χ0) is 16.0. The average molecular weight is 311 g/mol. The monoisotopic (exact) mass is 310 g/mol. The molecule has 0 amide bonds. The van der Waals surface area contributed by atoms with Gasteiger partial charge in [0.2, 0.25) is 0 Å². The van der Waals surface area contributed by atoms with Crippen LogP contribution in [0.25, 0.3) is 0 Å². The van der Waals surface area contributed by atoms with E-state index in [2.05, 4.69) is 6.92 Å². The average Bonchev–Trinajstić information content (AvgIpc) is 2.47. The lowest BCUT2D eigenvalue weighted by atomic mass is 9.86. The summed E-state index contributed by atoms with van der Waals surface area (Å²) in [5.74, 6) is 1.59. The molecule has 0 radical (unpaired) electrons. The Kier molecular flexibility index (Phi) is 7.24. The third-order valence-corrected chi connectivity index (χ3v) is 4.46. The minimum absolute atomic E-state index is 0.319. The van der Waals surface area contributed by atoms with Crippen LogP contribution in [0.3, 0.4) is 0 Å². The molecule has 0 aliphatic heterocycles. The minimum atomic E-state index is 0.319. The number of halogens is 1. The molecule has 0 saturated carbocycles. The van der Waals surface area contributed by atoms with Gasteiger partial charge in [0.15, 0.2) is 0 Å². The van der Waals surface area contributed by atoms with Crippen molar-refractivity contribution in [2.24, 2.45) is 0 Å². The number of benzene rings is 1. The van der Waals surface area contributed by atoms with Gasteiger partial charge in [0.25, 0.3) is 0 Å². The van der Waals surface area contributed by atoms with Gasteiger partial charge in [-0.1, -0.05) is 25.4 Å². The van der Waals surface area contributed by atoms with Crippen molar-refractivity contribution in [3.8, 4) is 5.75 Å². The number of Topliss-reactive ketones (excluding diaryl/α,β-unsaturated/α-hetero) is 1. The zero-order valence-corrected chi connectivity index (χ0v) is 14.6. The smallest absolute Gasteiger partial charge is 0.132 e. The maximum atomic E-state index is 11.6. The molecule has 0 aromatic heterocycles. The van der Waals surface area contributed by atoms with Crippen molar-refractivity contribution in [1.82, 2.24) is 0 Å². The van der Waals surface area contributed by atoms with Crippen LogP contribution in [0.4, 0.5) is 0 Å². The molecule has 3 heteroatoms. The fraction of sp³-hybridized carbons (Fsp3) is 0.611. The van der Waals surface area contributed by atoms with E-state index in [0.717, 1.165) is 34.7 Å². The van der Waals surface area contributed by atoms with Crippen LogP contribution in [0.2, 0.25) is 5.02 Å². The van der Waals surface area contributed by atoms with E-state index in [-0.39, 0.29) is 0 Å². The molecule has 118 valence electrons. The normalized spacial score (nSPS) is 12.3. The van der Waals surface area contributed by atoms with Gasteiger partial charge in [-0.3, -0.25) is 4.79 Å². The van der Waals surface area contributed by atoms with Crippen molar-refractivity contribution in [2.45, 2.75) is 66.2 Å².